The highest BCUT2D eigenvalue weighted by Crippen LogP contribution is 2.32. The second kappa shape index (κ2) is 4.57. The fraction of sp³-hybridized carbons (Fsp3) is 0.385. The molecule has 0 aromatic heterocycles. The number of ether oxygens (including phenoxy) is 1. The van der Waals surface area contributed by atoms with E-state index in [1.807, 2.05) is 30.3 Å². The summed E-state index contributed by atoms with van der Waals surface area (Å²) in [7, 11) is 0. The fourth-order valence-electron chi connectivity index (χ4n) is 2.14. The van der Waals surface area contributed by atoms with Gasteiger partial charge in [0.1, 0.15) is 5.41 Å². The van der Waals surface area contributed by atoms with Crippen LogP contribution in [0.3, 0.4) is 0 Å². The van der Waals surface area contributed by atoms with Crippen molar-refractivity contribution in [3.05, 3.63) is 35.9 Å². The van der Waals surface area contributed by atoms with Crippen LogP contribution >= 0.6 is 0 Å². The van der Waals surface area contributed by atoms with Gasteiger partial charge in [0, 0.05) is 13.0 Å². The van der Waals surface area contributed by atoms with Gasteiger partial charge in [0.25, 0.3) is 0 Å². The van der Waals surface area contributed by atoms with Crippen LogP contribution in [0.4, 0.5) is 0 Å². The zero-order chi connectivity index (χ0) is 12.3. The molecule has 1 aliphatic heterocycles. The average molecular weight is 233 g/mol. The van der Waals surface area contributed by atoms with Gasteiger partial charge in [-0.3, -0.25) is 9.59 Å². The van der Waals surface area contributed by atoms with E-state index in [9.17, 15) is 9.59 Å². The Kier molecular flexibility index (Phi) is 3.13. The summed E-state index contributed by atoms with van der Waals surface area (Å²) in [5.41, 5.74) is -0.0225. The van der Waals surface area contributed by atoms with Crippen LogP contribution in [0.25, 0.3) is 0 Å². The number of hydrogen-bond acceptors (Lipinski definition) is 3. The third-order valence-corrected chi connectivity index (χ3v) is 3.04. The van der Waals surface area contributed by atoms with Crippen molar-refractivity contribution in [3.63, 3.8) is 0 Å². The monoisotopic (exact) mass is 233 g/mol. The number of amides is 1. The number of carbonyl (C=O) groups excluding carboxylic acids is 2. The molecule has 17 heavy (non-hydrogen) atoms. The van der Waals surface area contributed by atoms with Crippen molar-refractivity contribution in [2.45, 2.75) is 18.8 Å². The number of rotatable bonds is 3. The van der Waals surface area contributed by atoms with Crippen LogP contribution in [-0.4, -0.2) is 25.0 Å². The Morgan fingerprint density at radius 1 is 1.41 bits per heavy atom. The summed E-state index contributed by atoms with van der Waals surface area (Å²) in [5.74, 6) is -0.438. The van der Waals surface area contributed by atoms with E-state index in [2.05, 4.69) is 5.32 Å². The highest BCUT2D eigenvalue weighted by atomic mass is 16.5. The molecule has 1 N–H and O–H groups in total. The molecule has 0 bridgehead atoms. The molecule has 1 unspecified atom stereocenters. The quantitative estimate of drug-likeness (QED) is 0.793. The first-order valence-corrected chi connectivity index (χ1v) is 5.68. The Labute approximate surface area is 100.0 Å². The van der Waals surface area contributed by atoms with Gasteiger partial charge < -0.3 is 10.1 Å². The van der Waals surface area contributed by atoms with Gasteiger partial charge in [0.15, 0.2) is 0 Å². The summed E-state index contributed by atoms with van der Waals surface area (Å²) < 4.78 is 5.10. The van der Waals surface area contributed by atoms with Crippen LogP contribution in [0.2, 0.25) is 0 Å². The van der Waals surface area contributed by atoms with Gasteiger partial charge in [-0.15, -0.1) is 0 Å². The van der Waals surface area contributed by atoms with Crippen molar-refractivity contribution < 1.29 is 14.3 Å². The Hall–Kier alpha value is -1.84. The summed E-state index contributed by atoms with van der Waals surface area (Å²) >= 11 is 0. The second-order valence-electron chi connectivity index (χ2n) is 4.12. The van der Waals surface area contributed by atoms with Crippen molar-refractivity contribution in [1.29, 1.82) is 0 Å². The highest BCUT2D eigenvalue weighted by Gasteiger charge is 2.47. The number of hydrogen-bond donors (Lipinski definition) is 1. The van der Waals surface area contributed by atoms with E-state index in [1.54, 1.807) is 6.92 Å². The Bertz CT molecular complexity index is 430. The summed E-state index contributed by atoms with van der Waals surface area (Å²) in [6.07, 6.45) is 0.163. The second-order valence-corrected chi connectivity index (χ2v) is 4.12. The van der Waals surface area contributed by atoms with Crippen molar-refractivity contribution in [2.75, 3.05) is 13.2 Å². The van der Waals surface area contributed by atoms with E-state index in [0.717, 1.165) is 5.56 Å². The smallest absolute Gasteiger partial charge is 0.318 e. The Morgan fingerprint density at radius 3 is 2.65 bits per heavy atom. The van der Waals surface area contributed by atoms with Crippen LogP contribution in [-0.2, 0) is 19.7 Å². The number of carbonyl (C=O) groups is 2. The SMILES string of the molecule is CCOC(=O)C1(c2ccccc2)CNC(=O)C1. The molecule has 1 atom stereocenters. The molecule has 4 heteroatoms. The molecule has 0 saturated carbocycles. The molecule has 1 fully saturated rings. The highest BCUT2D eigenvalue weighted by molar-refractivity contribution is 5.94. The van der Waals surface area contributed by atoms with Gasteiger partial charge in [-0.25, -0.2) is 0 Å². The topological polar surface area (TPSA) is 55.4 Å². The predicted molar refractivity (Wildman–Crippen MR) is 62.4 cm³/mol. The van der Waals surface area contributed by atoms with E-state index < -0.39 is 5.41 Å². The third-order valence-electron chi connectivity index (χ3n) is 3.04. The first kappa shape index (κ1) is 11.6. The molecular weight excluding hydrogens is 218 g/mol. The molecule has 1 aliphatic rings. The summed E-state index contributed by atoms with van der Waals surface area (Å²) in [6.45, 7) is 2.40. The van der Waals surface area contributed by atoms with E-state index in [0.29, 0.717) is 13.2 Å². The number of esters is 1. The van der Waals surface area contributed by atoms with Crippen LogP contribution in [0, 0.1) is 0 Å². The maximum atomic E-state index is 12.1. The molecule has 1 saturated heterocycles. The molecular formula is C13H15NO3. The van der Waals surface area contributed by atoms with Gasteiger partial charge in [-0.2, -0.15) is 0 Å². The molecule has 2 rings (SSSR count). The third kappa shape index (κ3) is 2.02. The fourth-order valence-corrected chi connectivity index (χ4v) is 2.14. The minimum absolute atomic E-state index is 0.109. The lowest BCUT2D eigenvalue weighted by molar-refractivity contribution is -0.150. The van der Waals surface area contributed by atoms with Crippen LogP contribution < -0.4 is 5.32 Å². The lowest BCUT2D eigenvalue weighted by Gasteiger charge is -2.25. The van der Waals surface area contributed by atoms with Crippen molar-refractivity contribution in [1.82, 2.24) is 5.32 Å². The van der Waals surface area contributed by atoms with E-state index in [1.165, 1.54) is 0 Å². The molecule has 1 aromatic carbocycles. The normalized spacial score (nSPS) is 23.2. The Balaban J connectivity index is 2.38. The van der Waals surface area contributed by atoms with E-state index >= 15 is 0 Å². The van der Waals surface area contributed by atoms with Crippen LogP contribution in [0.1, 0.15) is 18.9 Å². The van der Waals surface area contributed by atoms with Crippen molar-refractivity contribution in [2.24, 2.45) is 0 Å². The van der Waals surface area contributed by atoms with Gasteiger partial charge in [0.2, 0.25) is 5.91 Å². The minimum Gasteiger partial charge on any atom is -0.465 e. The Morgan fingerprint density at radius 2 is 2.12 bits per heavy atom. The molecule has 4 nitrogen and oxygen atoms in total. The lowest BCUT2D eigenvalue weighted by atomic mass is 9.79. The standard InChI is InChI=1S/C13H15NO3/c1-2-17-12(16)13(8-11(15)14-9-13)10-6-4-3-5-7-10/h3-7H,2,8-9H2,1H3,(H,14,15). The van der Waals surface area contributed by atoms with Gasteiger partial charge in [0.05, 0.1) is 6.61 Å². The maximum Gasteiger partial charge on any atom is 0.318 e. The molecule has 1 heterocycles. The van der Waals surface area contributed by atoms with Crippen molar-refractivity contribution >= 4 is 11.9 Å². The molecule has 0 aliphatic carbocycles. The summed E-state index contributed by atoms with van der Waals surface area (Å²) in [5, 5.41) is 2.71. The minimum atomic E-state index is -0.853. The summed E-state index contributed by atoms with van der Waals surface area (Å²) in [4.78, 5) is 23.5. The summed E-state index contributed by atoms with van der Waals surface area (Å²) in [6, 6.07) is 9.32. The first-order valence-electron chi connectivity index (χ1n) is 5.68. The largest absolute Gasteiger partial charge is 0.465 e. The average Bonchev–Trinajstić information content (AvgIpc) is 2.74. The molecule has 1 amide bonds. The van der Waals surface area contributed by atoms with E-state index in [4.69, 9.17) is 4.74 Å². The number of nitrogens with one attached hydrogen (secondary N) is 1. The molecule has 1 aromatic rings. The molecule has 0 radical (unpaired) electrons. The van der Waals surface area contributed by atoms with Crippen LogP contribution in [0.5, 0.6) is 0 Å². The van der Waals surface area contributed by atoms with Gasteiger partial charge >= 0.3 is 5.97 Å². The molecule has 0 spiro atoms. The van der Waals surface area contributed by atoms with Crippen molar-refractivity contribution in [3.8, 4) is 0 Å². The van der Waals surface area contributed by atoms with Gasteiger partial charge in [-0.05, 0) is 12.5 Å². The maximum absolute atomic E-state index is 12.1. The first-order chi connectivity index (χ1) is 8.19. The molecule has 90 valence electrons. The zero-order valence-electron chi connectivity index (χ0n) is 9.73. The van der Waals surface area contributed by atoms with Crippen LogP contribution in [0.15, 0.2) is 30.3 Å². The van der Waals surface area contributed by atoms with Gasteiger partial charge in [-0.1, -0.05) is 30.3 Å². The van der Waals surface area contributed by atoms with E-state index in [-0.39, 0.29) is 18.3 Å². The lowest BCUT2D eigenvalue weighted by Crippen LogP contribution is -2.39. The predicted octanol–water partition coefficient (Wildman–Crippen LogP) is 1.01. The zero-order valence-corrected chi connectivity index (χ0v) is 9.73. The number of benzene rings is 1.